The molecule has 0 saturated heterocycles. The van der Waals surface area contributed by atoms with Crippen LogP contribution in [0.1, 0.15) is 6.42 Å². The highest BCUT2D eigenvalue weighted by atomic mass is 16.4. The zero-order valence-electron chi connectivity index (χ0n) is 9.40. The van der Waals surface area contributed by atoms with Crippen LogP contribution in [-0.4, -0.2) is 17.5 Å². The number of aromatic nitrogens is 1. The molecule has 0 radical (unpaired) electrons. The average Bonchev–Trinajstić information content (AvgIpc) is 2.61. The van der Waals surface area contributed by atoms with E-state index in [4.69, 9.17) is 10.2 Å². The molecule has 0 fully saturated rings. The average molecular weight is 235 g/mol. The zero-order chi connectivity index (χ0) is 12.4. The van der Waals surface area contributed by atoms with Crippen molar-refractivity contribution in [3.05, 3.63) is 28.7 Å². The molecule has 0 atom stereocenters. The van der Waals surface area contributed by atoms with Crippen molar-refractivity contribution >= 4 is 22.7 Å². The minimum Gasteiger partial charge on any atom is -0.408 e. The van der Waals surface area contributed by atoms with Crippen molar-refractivity contribution in [2.45, 2.75) is 13.0 Å². The largest absolute Gasteiger partial charge is 0.419 e. The third kappa shape index (κ3) is 2.15. The van der Waals surface area contributed by atoms with Gasteiger partial charge < -0.3 is 15.5 Å². The quantitative estimate of drug-likeness (QED) is 0.749. The smallest absolute Gasteiger partial charge is 0.408 e. The Bertz CT molecular complexity index is 612. The van der Waals surface area contributed by atoms with Crippen LogP contribution in [0.3, 0.4) is 0 Å². The van der Waals surface area contributed by atoms with Gasteiger partial charge in [0, 0.05) is 25.7 Å². The summed E-state index contributed by atoms with van der Waals surface area (Å²) in [6.07, 6.45) is 0.222. The Morgan fingerprint density at radius 2 is 2.29 bits per heavy atom. The van der Waals surface area contributed by atoms with Crippen molar-refractivity contribution in [2.24, 2.45) is 0 Å². The Morgan fingerprint density at radius 1 is 1.53 bits per heavy atom. The van der Waals surface area contributed by atoms with Crippen molar-refractivity contribution in [1.29, 1.82) is 0 Å². The van der Waals surface area contributed by atoms with Gasteiger partial charge in [-0.2, -0.15) is 0 Å². The Morgan fingerprint density at radius 3 is 3.00 bits per heavy atom. The van der Waals surface area contributed by atoms with Gasteiger partial charge in [0.1, 0.15) is 0 Å². The Balaban J connectivity index is 2.38. The number of fused-ring (bicyclic) bond motifs is 1. The van der Waals surface area contributed by atoms with E-state index in [2.05, 4.69) is 5.32 Å². The normalized spacial score (nSPS) is 10.6. The Hall–Kier alpha value is -2.24. The summed E-state index contributed by atoms with van der Waals surface area (Å²) in [5.41, 5.74) is 7.28. The number of nitrogen functional groups attached to an aromatic ring is 1. The molecule has 0 spiro atoms. The standard InChI is InChI=1S/C11H13N3O3/c1-13-10(15)4-5-14-8-6-7(12)2-3-9(8)17-11(14)16/h2-3,6H,4-5,12H2,1H3,(H,13,15). The summed E-state index contributed by atoms with van der Waals surface area (Å²) in [6.45, 7) is 0.273. The number of hydrogen-bond donors (Lipinski definition) is 2. The molecule has 3 N–H and O–H groups in total. The van der Waals surface area contributed by atoms with Crippen molar-refractivity contribution in [3.8, 4) is 0 Å². The van der Waals surface area contributed by atoms with Crippen LogP contribution >= 0.6 is 0 Å². The van der Waals surface area contributed by atoms with Crippen LogP contribution in [-0.2, 0) is 11.3 Å². The molecule has 6 heteroatoms. The number of amides is 1. The number of nitrogens with two attached hydrogens (primary N) is 1. The van der Waals surface area contributed by atoms with Gasteiger partial charge in [-0.15, -0.1) is 0 Å². The van der Waals surface area contributed by atoms with E-state index in [0.29, 0.717) is 16.8 Å². The number of anilines is 1. The lowest BCUT2D eigenvalue weighted by Crippen LogP contribution is -2.22. The van der Waals surface area contributed by atoms with E-state index in [-0.39, 0.29) is 18.9 Å². The van der Waals surface area contributed by atoms with Crippen LogP contribution in [0, 0.1) is 0 Å². The van der Waals surface area contributed by atoms with Crippen molar-refractivity contribution in [1.82, 2.24) is 9.88 Å². The summed E-state index contributed by atoms with van der Waals surface area (Å²) < 4.78 is 6.44. The molecule has 2 rings (SSSR count). The maximum atomic E-state index is 11.6. The number of nitrogens with zero attached hydrogens (tertiary/aromatic N) is 1. The summed E-state index contributed by atoms with van der Waals surface area (Å²) in [6, 6.07) is 4.96. The lowest BCUT2D eigenvalue weighted by molar-refractivity contribution is -0.120. The lowest BCUT2D eigenvalue weighted by Gasteiger charge is -2.01. The Kier molecular flexibility index (Phi) is 2.86. The number of nitrogens with one attached hydrogen (secondary N) is 1. The van der Waals surface area contributed by atoms with Crippen molar-refractivity contribution < 1.29 is 9.21 Å². The van der Waals surface area contributed by atoms with Gasteiger partial charge in [-0.05, 0) is 18.2 Å². The summed E-state index contributed by atoms with van der Waals surface area (Å²) in [5.74, 6) is -0.607. The van der Waals surface area contributed by atoms with E-state index in [9.17, 15) is 9.59 Å². The third-order valence-corrected chi connectivity index (χ3v) is 2.53. The molecule has 0 bridgehead atoms. The number of benzene rings is 1. The van der Waals surface area contributed by atoms with E-state index in [1.165, 1.54) is 4.57 Å². The van der Waals surface area contributed by atoms with Gasteiger partial charge in [-0.1, -0.05) is 0 Å². The van der Waals surface area contributed by atoms with Crippen molar-refractivity contribution in [2.75, 3.05) is 12.8 Å². The maximum absolute atomic E-state index is 11.6. The van der Waals surface area contributed by atoms with Gasteiger partial charge >= 0.3 is 5.76 Å². The maximum Gasteiger partial charge on any atom is 0.419 e. The monoisotopic (exact) mass is 235 g/mol. The molecule has 0 unspecified atom stereocenters. The second-order valence-corrected chi connectivity index (χ2v) is 3.67. The van der Waals surface area contributed by atoms with Crippen LogP contribution in [0.2, 0.25) is 0 Å². The molecule has 0 aliphatic heterocycles. The number of aryl methyl sites for hydroxylation is 1. The van der Waals surface area contributed by atoms with Gasteiger partial charge in [-0.3, -0.25) is 9.36 Å². The first kappa shape index (κ1) is 11.3. The second-order valence-electron chi connectivity index (χ2n) is 3.67. The molecule has 90 valence electrons. The molecule has 1 aromatic carbocycles. The zero-order valence-corrected chi connectivity index (χ0v) is 9.40. The fourth-order valence-electron chi connectivity index (χ4n) is 1.63. The van der Waals surface area contributed by atoms with E-state index >= 15 is 0 Å². The number of carbonyl (C=O) groups excluding carboxylic acids is 1. The van der Waals surface area contributed by atoms with E-state index in [1.54, 1.807) is 25.2 Å². The Labute approximate surface area is 97.0 Å². The van der Waals surface area contributed by atoms with Crippen LogP contribution in [0.15, 0.2) is 27.4 Å². The van der Waals surface area contributed by atoms with Gasteiger partial charge in [0.15, 0.2) is 5.58 Å². The van der Waals surface area contributed by atoms with Crippen LogP contribution < -0.4 is 16.8 Å². The predicted molar refractivity (Wildman–Crippen MR) is 63.6 cm³/mol. The van der Waals surface area contributed by atoms with Crippen LogP contribution in [0.25, 0.3) is 11.1 Å². The summed E-state index contributed by atoms with van der Waals surface area (Å²) in [4.78, 5) is 22.7. The minimum absolute atomic E-state index is 0.129. The van der Waals surface area contributed by atoms with E-state index in [0.717, 1.165) is 0 Å². The van der Waals surface area contributed by atoms with Crippen LogP contribution in [0.5, 0.6) is 0 Å². The highest BCUT2D eigenvalue weighted by Crippen LogP contribution is 2.16. The third-order valence-electron chi connectivity index (χ3n) is 2.53. The highest BCUT2D eigenvalue weighted by Gasteiger charge is 2.10. The lowest BCUT2D eigenvalue weighted by atomic mass is 10.3. The molecular weight excluding hydrogens is 222 g/mol. The summed E-state index contributed by atoms with van der Waals surface area (Å²) in [7, 11) is 1.55. The molecule has 1 aromatic heterocycles. The molecule has 0 aliphatic rings. The number of oxazole rings is 1. The second kappa shape index (κ2) is 4.32. The fraction of sp³-hybridized carbons (Fsp3) is 0.273. The molecule has 1 heterocycles. The van der Waals surface area contributed by atoms with Gasteiger partial charge in [-0.25, -0.2) is 4.79 Å². The predicted octanol–water partition coefficient (Wildman–Crippen LogP) is 0.313. The SMILES string of the molecule is CNC(=O)CCn1c(=O)oc2ccc(N)cc21. The molecule has 6 nitrogen and oxygen atoms in total. The van der Waals surface area contributed by atoms with Crippen LogP contribution in [0.4, 0.5) is 5.69 Å². The fourth-order valence-corrected chi connectivity index (χ4v) is 1.63. The molecule has 1 amide bonds. The summed E-state index contributed by atoms with van der Waals surface area (Å²) >= 11 is 0. The first-order valence-electron chi connectivity index (χ1n) is 5.21. The van der Waals surface area contributed by atoms with Gasteiger partial charge in [0.05, 0.1) is 5.52 Å². The van der Waals surface area contributed by atoms with E-state index in [1.807, 2.05) is 0 Å². The number of carbonyl (C=O) groups is 1. The minimum atomic E-state index is -0.477. The number of hydrogen-bond acceptors (Lipinski definition) is 4. The van der Waals surface area contributed by atoms with Gasteiger partial charge in [0.25, 0.3) is 0 Å². The highest BCUT2D eigenvalue weighted by molar-refractivity contribution is 5.78. The molecular formula is C11H13N3O3. The van der Waals surface area contributed by atoms with E-state index < -0.39 is 5.76 Å². The topological polar surface area (TPSA) is 90.3 Å². The van der Waals surface area contributed by atoms with Crippen molar-refractivity contribution in [3.63, 3.8) is 0 Å². The van der Waals surface area contributed by atoms with Gasteiger partial charge in [0.2, 0.25) is 5.91 Å². The molecule has 2 aromatic rings. The molecule has 17 heavy (non-hydrogen) atoms. The first-order chi connectivity index (χ1) is 8.11. The first-order valence-corrected chi connectivity index (χ1v) is 5.21. The molecule has 0 aliphatic carbocycles. The number of rotatable bonds is 3. The molecule has 0 saturated carbocycles. The summed E-state index contributed by atoms with van der Waals surface area (Å²) in [5, 5.41) is 2.50.